The average molecular weight is 371 g/mol. The lowest BCUT2D eigenvalue weighted by Gasteiger charge is -2.22. The molecule has 0 spiro atoms. The van der Waals surface area contributed by atoms with Crippen molar-refractivity contribution in [3.63, 3.8) is 0 Å². The van der Waals surface area contributed by atoms with E-state index in [2.05, 4.69) is 10.6 Å². The molecule has 0 aliphatic carbocycles. The van der Waals surface area contributed by atoms with Gasteiger partial charge in [-0.2, -0.15) is 0 Å². The van der Waals surface area contributed by atoms with Crippen molar-refractivity contribution < 1.29 is 9.59 Å². The number of anilines is 1. The van der Waals surface area contributed by atoms with Crippen LogP contribution < -0.4 is 10.6 Å². The number of amides is 2. The van der Waals surface area contributed by atoms with E-state index < -0.39 is 0 Å². The molecule has 0 bridgehead atoms. The van der Waals surface area contributed by atoms with Gasteiger partial charge in [-0.25, -0.2) is 0 Å². The molecule has 0 saturated heterocycles. The van der Waals surface area contributed by atoms with Gasteiger partial charge in [0.25, 0.3) is 5.91 Å². The van der Waals surface area contributed by atoms with E-state index in [1.807, 2.05) is 64.1 Å². The Balaban J connectivity index is 2.01. The summed E-state index contributed by atoms with van der Waals surface area (Å²) in [5.74, 6) is 0.460. The second-order valence-electron chi connectivity index (χ2n) is 7.18. The maximum Gasteiger partial charge on any atom is 0.253 e. The van der Waals surface area contributed by atoms with Crippen LogP contribution in [0.4, 0.5) is 5.69 Å². The third-order valence-electron chi connectivity index (χ3n) is 3.63. The van der Waals surface area contributed by atoms with E-state index >= 15 is 0 Å². The number of carbonyl (C=O) groups is 2. The first-order valence-corrected chi connectivity index (χ1v) is 9.69. The number of hydrogen-bond donors (Lipinski definition) is 2. The van der Waals surface area contributed by atoms with E-state index in [-0.39, 0.29) is 22.6 Å². The van der Waals surface area contributed by atoms with Gasteiger partial charge in [0.1, 0.15) is 0 Å². The van der Waals surface area contributed by atoms with E-state index in [0.717, 1.165) is 5.75 Å². The topological polar surface area (TPSA) is 58.2 Å². The molecular formula is C21H26N2O2S. The number of benzene rings is 2. The van der Waals surface area contributed by atoms with Crippen LogP contribution in [-0.2, 0) is 10.5 Å². The maximum absolute atomic E-state index is 12.5. The highest BCUT2D eigenvalue weighted by Crippen LogP contribution is 2.21. The molecule has 0 aliphatic rings. The highest BCUT2D eigenvalue weighted by molar-refractivity contribution is 7.99. The van der Waals surface area contributed by atoms with Crippen LogP contribution in [0.25, 0.3) is 0 Å². The molecule has 2 rings (SSSR count). The van der Waals surface area contributed by atoms with E-state index in [4.69, 9.17) is 0 Å². The third kappa shape index (κ3) is 6.23. The highest BCUT2D eigenvalue weighted by atomic mass is 32.2. The van der Waals surface area contributed by atoms with Crippen molar-refractivity contribution in [1.82, 2.24) is 5.32 Å². The minimum Gasteiger partial charge on any atom is -0.347 e. The Morgan fingerprint density at radius 1 is 1.00 bits per heavy atom. The quantitative estimate of drug-likeness (QED) is 0.788. The summed E-state index contributed by atoms with van der Waals surface area (Å²) in [5.41, 5.74) is 1.84. The molecule has 0 aromatic heterocycles. The van der Waals surface area contributed by atoms with Crippen LogP contribution in [0, 0.1) is 0 Å². The minimum atomic E-state index is -0.340. The van der Waals surface area contributed by atoms with Crippen LogP contribution in [-0.4, -0.2) is 22.6 Å². The molecule has 26 heavy (non-hydrogen) atoms. The molecule has 0 fully saturated rings. The molecule has 4 nitrogen and oxygen atoms in total. The Kier molecular flexibility index (Phi) is 6.86. The van der Waals surface area contributed by atoms with Crippen LogP contribution in [0.5, 0.6) is 0 Å². The van der Waals surface area contributed by atoms with E-state index in [0.29, 0.717) is 11.3 Å². The number of para-hydroxylation sites is 1. The standard InChI is InChI=1S/C21H26N2O2S/c1-15(26-14-16-10-6-5-7-11-16)19(24)22-18-13-9-8-12-17(18)20(25)23-21(2,3)4/h5-13,15H,14H2,1-4H3,(H,22,24)(H,23,25)/t15-/m0/s1. The van der Waals surface area contributed by atoms with Crippen molar-refractivity contribution in [1.29, 1.82) is 0 Å². The first-order chi connectivity index (χ1) is 12.3. The van der Waals surface area contributed by atoms with Gasteiger partial charge in [-0.15, -0.1) is 11.8 Å². The Bertz CT molecular complexity index is 754. The molecule has 2 N–H and O–H groups in total. The molecule has 138 valence electrons. The van der Waals surface area contributed by atoms with Crippen LogP contribution in [0.2, 0.25) is 0 Å². The van der Waals surface area contributed by atoms with Gasteiger partial charge in [-0.05, 0) is 45.4 Å². The van der Waals surface area contributed by atoms with Gasteiger partial charge < -0.3 is 10.6 Å². The summed E-state index contributed by atoms with van der Waals surface area (Å²) in [6, 6.07) is 17.1. The number of rotatable bonds is 6. The number of nitrogens with one attached hydrogen (secondary N) is 2. The summed E-state index contributed by atoms with van der Waals surface area (Å²) in [4.78, 5) is 25.0. The van der Waals surface area contributed by atoms with Gasteiger partial charge in [0.05, 0.1) is 16.5 Å². The molecular weight excluding hydrogens is 344 g/mol. The monoisotopic (exact) mass is 370 g/mol. The smallest absolute Gasteiger partial charge is 0.253 e. The largest absolute Gasteiger partial charge is 0.347 e. The van der Waals surface area contributed by atoms with Gasteiger partial charge in [0.2, 0.25) is 5.91 Å². The fourth-order valence-corrected chi connectivity index (χ4v) is 3.15. The number of thioether (sulfide) groups is 1. The first-order valence-electron chi connectivity index (χ1n) is 8.64. The lowest BCUT2D eigenvalue weighted by molar-refractivity contribution is -0.115. The Morgan fingerprint density at radius 3 is 2.27 bits per heavy atom. The highest BCUT2D eigenvalue weighted by Gasteiger charge is 2.20. The van der Waals surface area contributed by atoms with E-state index in [1.54, 1.807) is 30.0 Å². The molecule has 0 aliphatic heterocycles. The van der Waals surface area contributed by atoms with Gasteiger partial charge in [0, 0.05) is 11.3 Å². The summed E-state index contributed by atoms with van der Waals surface area (Å²) in [7, 11) is 0. The summed E-state index contributed by atoms with van der Waals surface area (Å²) < 4.78 is 0. The second-order valence-corrected chi connectivity index (χ2v) is 8.51. The van der Waals surface area contributed by atoms with Crippen LogP contribution in [0.15, 0.2) is 54.6 Å². The van der Waals surface area contributed by atoms with Crippen molar-refractivity contribution >= 4 is 29.3 Å². The fourth-order valence-electron chi connectivity index (χ4n) is 2.30. The Labute approximate surface area is 159 Å². The molecule has 0 unspecified atom stereocenters. The van der Waals surface area contributed by atoms with E-state index in [9.17, 15) is 9.59 Å². The first kappa shape index (κ1) is 20.0. The number of hydrogen-bond acceptors (Lipinski definition) is 3. The summed E-state index contributed by atoms with van der Waals surface area (Å²) in [5, 5.41) is 5.59. The zero-order valence-corrected chi connectivity index (χ0v) is 16.5. The molecule has 2 amide bonds. The molecule has 2 aromatic carbocycles. The minimum absolute atomic E-state index is 0.109. The van der Waals surface area contributed by atoms with Crippen molar-refractivity contribution in [3.05, 3.63) is 65.7 Å². The summed E-state index contributed by atoms with van der Waals surface area (Å²) in [6.07, 6.45) is 0. The van der Waals surface area contributed by atoms with Crippen LogP contribution in [0.1, 0.15) is 43.6 Å². The normalized spacial score (nSPS) is 12.3. The molecule has 0 saturated carbocycles. The van der Waals surface area contributed by atoms with Gasteiger partial charge >= 0.3 is 0 Å². The maximum atomic E-state index is 12.5. The SMILES string of the molecule is C[C@H](SCc1ccccc1)C(=O)Nc1ccccc1C(=O)NC(C)(C)C. The van der Waals surface area contributed by atoms with Crippen LogP contribution in [0.3, 0.4) is 0 Å². The zero-order valence-electron chi connectivity index (χ0n) is 15.7. The lowest BCUT2D eigenvalue weighted by atomic mass is 10.1. The fraction of sp³-hybridized carbons (Fsp3) is 0.333. The summed E-state index contributed by atoms with van der Waals surface area (Å²) >= 11 is 1.57. The van der Waals surface area contributed by atoms with Gasteiger partial charge in [-0.1, -0.05) is 42.5 Å². The average Bonchev–Trinajstić information content (AvgIpc) is 2.59. The molecule has 0 radical (unpaired) electrons. The predicted molar refractivity (Wildman–Crippen MR) is 109 cm³/mol. The summed E-state index contributed by atoms with van der Waals surface area (Å²) in [6.45, 7) is 7.65. The molecule has 2 aromatic rings. The van der Waals surface area contributed by atoms with Crippen molar-refractivity contribution in [2.45, 2.75) is 44.2 Å². The Hall–Kier alpha value is -2.27. The van der Waals surface area contributed by atoms with E-state index in [1.165, 1.54) is 5.56 Å². The number of carbonyl (C=O) groups excluding carboxylic acids is 2. The second kappa shape index (κ2) is 8.90. The Morgan fingerprint density at radius 2 is 1.62 bits per heavy atom. The molecule has 1 atom stereocenters. The van der Waals surface area contributed by atoms with Crippen molar-refractivity contribution in [2.24, 2.45) is 0 Å². The molecule has 0 heterocycles. The third-order valence-corrected chi connectivity index (χ3v) is 4.84. The van der Waals surface area contributed by atoms with Gasteiger partial charge in [0.15, 0.2) is 0 Å². The van der Waals surface area contributed by atoms with Gasteiger partial charge in [-0.3, -0.25) is 9.59 Å². The van der Waals surface area contributed by atoms with Crippen LogP contribution >= 0.6 is 11.8 Å². The predicted octanol–water partition coefficient (Wildman–Crippen LogP) is 4.48. The molecule has 5 heteroatoms. The zero-order chi connectivity index (χ0) is 19.2. The van der Waals surface area contributed by atoms with Crippen molar-refractivity contribution in [3.8, 4) is 0 Å². The van der Waals surface area contributed by atoms with Crippen molar-refractivity contribution in [2.75, 3.05) is 5.32 Å². The lowest BCUT2D eigenvalue weighted by Crippen LogP contribution is -2.41.